The first-order valence-electron chi connectivity index (χ1n) is 13.3. The van der Waals surface area contributed by atoms with Crippen molar-refractivity contribution in [1.29, 1.82) is 0 Å². The summed E-state index contributed by atoms with van der Waals surface area (Å²) in [4.78, 5) is 0. The zero-order chi connectivity index (χ0) is 20.9. The van der Waals surface area contributed by atoms with E-state index in [0.717, 1.165) is 10.4 Å². The van der Waals surface area contributed by atoms with Crippen LogP contribution in [0.15, 0.2) is 0 Å². The fourth-order valence-corrected chi connectivity index (χ4v) is 24.3. The standard InChI is InChI=1S/C14H29O.3C4H9.Sn/c1-2-3-4-5-6-7-8-9-10-11-12-13-14-15;3*1-3-4-2;/h12,15H,2-11,13-14H2,1H3;3*1,3-4H2,2H3;. The molecule has 0 aromatic heterocycles. The van der Waals surface area contributed by atoms with E-state index in [2.05, 4.69) is 27.7 Å². The molecule has 1 N–H and O–H groups in total. The van der Waals surface area contributed by atoms with Crippen LogP contribution in [0.1, 0.15) is 137 Å². The third kappa shape index (κ3) is 13.9. The fourth-order valence-electron chi connectivity index (χ4n) is 5.19. The molecule has 0 heterocycles. The Bertz CT molecular complexity index is 283. The van der Waals surface area contributed by atoms with Crippen LogP contribution < -0.4 is 0 Å². The van der Waals surface area contributed by atoms with Crippen molar-refractivity contribution < 1.29 is 5.11 Å². The molecule has 0 aliphatic rings. The zero-order valence-electron chi connectivity index (χ0n) is 20.4. The van der Waals surface area contributed by atoms with Crippen LogP contribution in [-0.2, 0) is 0 Å². The number of aliphatic hydroxyl groups is 1. The summed E-state index contributed by atoms with van der Waals surface area (Å²) in [7, 11) is 0. The van der Waals surface area contributed by atoms with Gasteiger partial charge in [0.2, 0.25) is 0 Å². The van der Waals surface area contributed by atoms with Crippen LogP contribution >= 0.6 is 0 Å². The normalized spacial score (nSPS) is 13.2. The Kier molecular flexibility index (Phi) is 21.6. The summed E-state index contributed by atoms with van der Waals surface area (Å²) in [6.45, 7) is 9.86. The van der Waals surface area contributed by atoms with Gasteiger partial charge in [-0.15, -0.1) is 0 Å². The number of unbranched alkanes of at least 4 members (excludes halogenated alkanes) is 11. The van der Waals surface area contributed by atoms with E-state index in [0.29, 0.717) is 6.61 Å². The van der Waals surface area contributed by atoms with Gasteiger partial charge in [-0.05, 0) is 0 Å². The van der Waals surface area contributed by atoms with Crippen LogP contribution in [0.25, 0.3) is 0 Å². The van der Waals surface area contributed by atoms with Crippen molar-refractivity contribution in [1.82, 2.24) is 0 Å². The molecule has 0 radical (unpaired) electrons. The Hall–Kier alpha value is 0.759. The molecule has 1 nitrogen and oxygen atoms in total. The molecule has 28 heavy (non-hydrogen) atoms. The molecule has 0 unspecified atom stereocenters. The van der Waals surface area contributed by atoms with Gasteiger partial charge in [-0.25, -0.2) is 0 Å². The van der Waals surface area contributed by atoms with E-state index in [1.165, 1.54) is 103 Å². The molecule has 1 atom stereocenters. The summed E-state index contributed by atoms with van der Waals surface area (Å²) in [5, 5.41) is 9.85. The monoisotopic (exact) mass is 504 g/mol. The molecule has 0 aliphatic heterocycles. The van der Waals surface area contributed by atoms with Crippen LogP contribution in [0.3, 0.4) is 0 Å². The zero-order valence-corrected chi connectivity index (χ0v) is 23.2. The van der Waals surface area contributed by atoms with Gasteiger partial charge in [0.15, 0.2) is 0 Å². The van der Waals surface area contributed by atoms with Gasteiger partial charge in [0.05, 0.1) is 0 Å². The maximum absolute atomic E-state index is 9.85. The first kappa shape index (κ1) is 28.8. The second-order valence-corrected chi connectivity index (χ2v) is 23.9. The molecule has 0 amide bonds. The Balaban J connectivity index is 4.62. The molecule has 0 aromatic rings. The minimum atomic E-state index is -2.16. The summed E-state index contributed by atoms with van der Waals surface area (Å²) >= 11 is -2.16. The van der Waals surface area contributed by atoms with Crippen molar-refractivity contribution in [2.24, 2.45) is 0 Å². The first-order chi connectivity index (χ1) is 13.7. The topological polar surface area (TPSA) is 20.2 Å². The summed E-state index contributed by atoms with van der Waals surface area (Å²) < 4.78 is 5.77. The second-order valence-electron chi connectivity index (χ2n) is 9.50. The van der Waals surface area contributed by atoms with Gasteiger partial charge in [0.25, 0.3) is 0 Å². The third-order valence-corrected chi connectivity index (χ3v) is 25.2. The minimum absolute atomic E-state index is 0.436. The molecule has 0 saturated carbocycles. The van der Waals surface area contributed by atoms with Crippen molar-refractivity contribution in [3.8, 4) is 0 Å². The van der Waals surface area contributed by atoms with Crippen LogP contribution in [0.4, 0.5) is 0 Å². The average Bonchev–Trinajstić information content (AvgIpc) is 2.71. The van der Waals surface area contributed by atoms with Gasteiger partial charge in [0, 0.05) is 0 Å². The van der Waals surface area contributed by atoms with Gasteiger partial charge in [0.1, 0.15) is 0 Å². The predicted molar refractivity (Wildman–Crippen MR) is 132 cm³/mol. The number of aliphatic hydroxyl groups excluding tert-OH is 1. The number of hydrogen-bond donors (Lipinski definition) is 1. The Morgan fingerprint density at radius 3 is 1.29 bits per heavy atom. The Morgan fingerprint density at radius 1 is 0.500 bits per heavy atom. The number of hydrogen-bond acceptors (Lipinski definition) is 1. The molecular formula is C26H56OSn. The number of rotatable bonds is 22. The molecular weight excluding hydrogens is 447 g/mol. The molecule has 0 fully saturated rings. The van der Waals surface area contributed by atoms with Crippen molar-refractivity contribution in [3.05, 3.63) is 0 Å². The summed E-state index contributed by atoms with van der Waals surface area (Å²) in [6, 6.07) is 0. The summed E-state index contributed by atoms with van der Waals surface area (Å²) in [6.07, 6.45) is 23.9. The molecule has 0 rings (SSSR count). The average molecular weight is 503 g/mol. The Labute approximate surface area is 183 Å². The molecule has 0 saturated heterocycles. The first-order valence-corrected chi connectivity index (χ1v) is 21.0. The third-order valence-electron chi connectivity index (χ3n) is 7.08. The van der Waals surface area contributed by atoms with Crippen molar-refractivity contribution in [2.45, 2.75) is 154 Å². The molecule has 0 spiro atoms. The molecule has 0 aromatic carbocycles. The Morgan fingerprint density at radius 2 is 0.893 bits per heavy atom. The van der Waals surface area contributed by atoms with E-state index in [1.807, 2.05) is 0 Å². The van der Waals surface area contributed by atoms with Crippen LogP contribution in [-0.4, -0.2) is 30.1 Å². The molecule has 2 heteroatoms. The SMILES string of the molecule is CCCCCCCCCCC[C@@H](CCO)[Sn]([CH2]CCC)([CH2]CCC)[CH2]CCC. The van der Waals surface area contributed by atoms with Crippen LogP contribution in [0.2, 0.25) is 17.2 Å². The summed E-state index contributed by atoms with van der Waals surface area (Å²) in [5.74, 6) is 0. The quantitative estimate of drug-likeness (QED) is 0.115. The van der Waals surface area contributed by atoms with Gasteiger partial charge in [-0.1, -0.05) is 0 Å². The molecule has 0 bridgehead atoms. The van der Waals surface area contributed by atoms with Crippen molar-refractivity contribution in [2.75, 3.05) is 6.61 Å². The van der Waals surface area contributed by atoms with Crippen LogP contribution in [0, 0.1) is 0 Å². The van der Waals surface area contributed by atoms with Crippen molar-refractivity contribution in [3.63, 3.8) is 0 Å². The van der Waals surface area contributed by atoms with Crippen molar-refractivity contribution >= 4 is 18.4 Å². The second kappa shape index (κ2) is 21.0. The van der Waals surface area contributed by atoms with E-state index in [-0.39, 0.29) is 0 Å². The summed E-state index contributed by atoms with van der Waals surface area (Å²) in [5.41, 5.74) is 0. The van der Waals surface area contributed by atoms with Gasteiger partial charge in [-0.3, -0.25) is 0 Å². The van der Waals surface area contributed by atoms with E-state index >= 15 is 0 Å². The van der Waals surface area contributed by atoms with Gasteiger partial charge >= 0.3 is 184 Å². The molecule has 170 valence electrons. The fraction of sp³-hybridized carbons (Fsp3) is 1.00. The maximum atomic E-state index is 9.85. The van der Waals surface area contributed by atoms with E-state index in [1.54, 1.807) is 13.3 Å². The van der Waals surface area contributed by atoms with Gasteiger partial charge in [-0.2, -0.15) is 0 Å². The van der Waals surface area contributed by atoms with E-state index in [4.69, 9.17) is 0 Å². The van der Waals surface area contributed by atoms with Crippen LogP contribution in [0.5, 0.6) is 0 Å². The van der Waals surface area contributed by atoms with Gasteiger partial charge < -0.3 is 0 Å². The molecule has 0 aliphatic carbocycles. The van der Waals surface area contributed by atoms with E-state index < -0.39 is 18.4 Å². The van der Waals surface area contributed by atoms with E-state index in [9.17, 15) is 5.11 Å². The predicted octanol–water partition coefficient (Wildman–Crippen LogP) is 9.51.